The highest BCUT2D eigenvalue weighted by Gasteiger charge is 2.10. The molecule has 5 rings (SSSR count). The summed E-state index contributed by atoms with van der Waals surface area (Å²) < 4.78 is 10.4. The van der Waals surface area contributed by atoms with Crippen molar-refractivity contribution in [3.05, 3.63) is 103 Å². The van der Waals surface area contributed by atoms with Gasteiger partial charge in [0.25, 0.3) is 0 Å². The quantitative estimate of drug-likeness (QED) is 0.324. The minimum atomic E-state index is 0.556. The summed E-state index contributed by atoms with van der Waals surface area (Å²) in [6, 6.07) is 32.1. The summed E-state index contributed by atoms with van der Waals surface area (Å²) >= 11 is 1.39. The zero-order valence-corrected chi connectivity index (χ0v) is 16.8. The summed E-state index contributed by atoms with van der Waals surface area (Å²) in [6.07, 6.45) is 1.70. The lowest BCUT2D eigenvalue weighted by molar-refractivity contribution is 0.463. The third kappa shape index (κ3) is 3.97. The molecule has 144 valence electrons. The van der Waals surface area contributed by atoms with E-state index in [1.54, 1.807) is 6.20 Å². The lowest BCUT2D eigenvalue weighted by atomic mass is 10.0. The van der Waals surface area contributed by atoms with Gasteiger partial charge in [0, 0.05) is 23.4 Å². The van der Waals surface area contributed by atoms with Crippen LogP contribution in [0.1, 0.15) is 0 Å². The van der Waals surface area contributed by atoms with Gasteiger partial charge in [0.2, 0.25) is 5.88 Å². The average Bonchev–Trinajstić information content (AvgIpc) is 3.31. The first-order chi connectivity index (χ1) is 14.8. The fourth-order valence-electron chi connectivity index (χ4n) is 3.12. The van der Waals surface area contributed by atoms with E-state index in [-0.39, 0.29) is 0 Å². The summed E-state index contributed by atoms with van der Waals surface area (Å²) in [5.41, 5.74) is 4.35. The zero-order valence-electron chi connectivity index (χ0n) is 16.0. The molecule has 0 radical (unpaired) electrons. The van der Waals surface area contributed by atoms with Crippen LogP contribution in [0.5, 0.6) is 11.6 Å². The van der Waals surface area contributed by atoms with Gasteiger partial charge < -0.3 is 4.74 Å². The number of ether oxygens (including phenoxy) is 1. The van der Waals surface area contributed by atoms with Crippen molar-refractivity contribution < 1.29 is 4.74 Å². The van der Waals surface area contributed by atoms with Gasteiger partial charge in [-0.2, -0.15) is 4.37 Å². The summed E-state index contributed by atoms with van der Waals surface area (Å²) in [5, 5.41) is 0.889. The molecule has 0 fully saturated rings. The monoisotopic (exact) mass is 407 g/mol. The highest BCUT2D eigenvalue weighted by atomic mass is 32.1. The molecule has 0 aliphatic heterocycles. The minimum absolute atomic E-state index is 0.556. The van der Waals surface area contributed by atoms with Gasteiger partial charge in [0.1, 0.15) is 10.8 Å². The molecule has 0 N–H and O–H groups in total. The van der Waals surface area contributed by atoms with Gasteiger partial charge >= 0.3 is 0 Å². The summed E-state index contributed by atoms with van der Waals surface area (Å²) in [6.45, 7) is 0. The van der Waals surface area contributed by atoms with Crippen molar-refractivity contribution in [2.45, 2.75) is 0 Å². The van der Waals surface area contributed by atoms with Crippen molar-refractivity contribution in [2.75, 3.05) is 0 Å². The molecule has 0 saturated carbocycles. The standard InChI is InChI=1S/C25H17N3OS/c1-2-7-18(8-3-1)19-12-14-20(15-13-19)25-27-24(28-30-25)21-9-6-10-22(17-21)29-23-11-4-5-16-26-23/h1-17H. The topological polar surface area (TPSA) is 47.9 Å². The predicted octanol–water partition coefficient (Wildman–Crippen LogP) is 6.73. The van der Waals surface area contributed by atoms with Gasteiger partial charge in [-0.3, -0.25) is 0 Å². The molecular formula is C25H17N3OS. The largest absolute Gasteiger partial charge is 0.439 e. The Morgan fingerprint density at radius 1 is 0.633 bits per heavy atom. The number of benzene rings is 3. The summed E-state index contributed by atoms with van der Waals surface area (Å²) in [5.74, 6) is 1.95. The Bertz CT molecular complexity index is 1250. The fourth-order valence-corrected chi connectivity index (χ4v) is 3.81. The third-order valence-electron chi connectivity index (χ3n) is 4.62. The van der Waals surface area contributed by atoms with Gasteiger partial charge in [-0.25, -0.2) is 9.97 Å². The van der Waals surface area contributed by atoms with Crippen molar-refractivity contribution in [1.29, 1.82) is 0 Å². The number of rotatable bonds is 5. The lowest BCUT2D eigenvalue weighted by Crippen LogP contribution is -1.88. The Kier molecular flexibility index (Phi) is 5.02. The normalized spacial score (nSPS) is 10.7. The Morgan fingerprint density at radius 3 is 2.17 bits per heavy atom. The molecule has 0 amide bonds. The van der Waals surface area contributed by atoms with Gasteiger partial charge in [0.15, 0.2) is 5.82 Å². The Morgan fingerprint density at radius 2 is 1.37 bits per heavy atom. The molecule has 0 atom stereocenters. The van der Waals surface area contributed by atoms with E-state index >= 15 is 0 Å². The highest BCUT2D eigenvalue weighted by Crippen LogP contribution is 2.30. The third-order valence-corrected chi connectivity index (χ3v) is 5.38. The Labute approximate surface area is 178 Å². The van der Waals surface area contributed by atoms with E-state index in [4.69, 9.17) is 9.72 Å². The molecule has 4 nitrogen and oxygen atoms in total. The van der Waals surface area contributed by atoms with Crippen LogP contribution in [-0.2, 0) is 0 Å². The summed E-state index contributed by atoms with van der Waals surface area (Å²) in [7, 11) is 0. The lowest BCUT2D eigenvalue weighted by Gasteiger charge is -2.05. The smallest absolute Gasteiger partial charge is 0.219 e. The number of hydrogen-bond donors (Lipinski definition) is 0. The van der Waals surface area contributed by atoms with Crippen LogP contribution in [0, 0.1) is 0 Å². The Hall–Kier alpha value is -3.83. The number of nitrogens with zero attached hydrogens (tertiary/aromatic N) is 3. The molecule has 5 heteroatoms. The molecule has 0 spiro atoms. The van der Waals surface area contributed by atoms with Crippen LogP contribution < -0.4 is 4.74 Å². The molecule has 0 aliphatic carbocycles. The van der Waals surface area contributed by atoms with Gasteiger partial charge in [-0.15, -0.1) is 0 Å². The van der Waals surface area contributed by atoms with Crippen molar-refractivity contribution in [3.8, 4) is 44.7 Å². The molecule has 5 aromatic rings. The van der Waals surface area contributed by atoms with E-state index in [0.717, 1.165) is 16.1 Å². The van der Waals surface area contributed by atoms with Crippen molar-refractivity contribution in [3.63, 3.8) is 0 Å². The van der Waals surface area contributed by atoms with Crippen LogP contribution in [0.2, 0.25) is 0 Å². The second kappa shape index (κ2) is 8.27. The predicted molar refractivity (Wildman–Crippen MR) is 121 cm³/mol. The number of pyridine rings is 1. The van der Waals surface area contributed by atoms with Crippen molar-refractivity contribution in [1.82, 2.24) is 14.3 Å². The van der Waals surface area contributed by atoms with Crippen LogP contribution >= 0.6 is 11.5 Å². The van der Waals surface area contributed by atoms with E-state index in [0.29, 0.717) is 17.5 Å². The molecule has 2 heterocycles. The molecule has 0 saturated heterocycles. The van der Waals surface area contributed by atoms with E-state index in [9.17, 15) is 0 Å². The van der Waals surface area contributed by atoms with Crippen molar-refractivity contribution in [2.24, 2.45) is 0 Å². The molecule has 2 aromatic heterocycles. The number of hydrogen-bond acceptors (Lipinski definition) is 5. The first kappa shape index (κ1) is 18.2. The van der Waals surface area contributed by atoms with E-state index in [1.165, 1.54) is 22.7 Å². The van der Waals surface area contributed by atoms with E-state index < -0.39 is 0 Å². The van der Waals surface area contributed by atoms with E-state index in [2.05, 4.69) is 45.8 Å². The highest BCUT2D eigenvalue weighted by molar-refractivity contribution is 7.09. The minimum Gasteiger partial charge on any atom is -0.439 e. The average molecular weight is 407 g/mol. The first-order valence-electron chi connectivity index (χ1n) is 9.54. The maximum Gasteiger partial charge on any atom is 0.219 e. The maximum absolute atomic E-state index is 5.82. The van der Waals surface area contributed by atoms with Crippen LogP contribution in [0.3, 0.4) is 0 Å². The zero-order chi connectivity index (χ0) is 20.2. The Balaban J connectivity index is 1.37. The molecule has 0 bridgehead atoms. The van der Waals surface area contributed by atoms with Gasteiger partial charge in [0.05, 0.1) is 0 Å². The molecule has 3 aromatic carbocycles. The maximum atomic E-state index is 5.82. The van der Waals surface area contributed by atoms with E-state index in [1.807, 2.05) is 60.7 Å². The first-order valence-corrected chi connectivity index (χ1v) is 10.3. The van der Waals surface area contributed by atoms with Crippen LogP contribution in [0.25, 0.3) is 33.1 Å². The second-order valence-corrected chi connectivity index (χ2v) is 7.42. The number of aromatic nitrogens is 3. The van der Waals surface area contributed by atoms with Gasteiger partial charge in [-0.05, 0) is 40.9 Å². The molecule has 0 aliphatic rings. The molecule has 0 unspecified atom stereocenters. The molecular weight excluding hydrogens is 390 g/mol. The summed E-state index contributed by atoms with van der Waals surface area (Å²) in [4.78, 5) is 8.94. The van der Waals surface area contributed by atoms with Crippen LogP contribution in [-0.4, -0.2) is 14.3 Å². The SMILES string of the molecule is c1ccc(-c2ccc(-c3nc(-c4cccc(Oc5ccccn5)c4)ns3)cc2)cc1. The van der Waals surface area contributed by atoms with Crippen LogP contribution in [0.15, 0.2) is 103 Å². The van der Waals surface area contributed by atoms with Crippen LogP contribution in [0.4, 0.5) is 0 Å². The van der Waals surface area contributed by atoms with Crippen molar-refractivity contribution >= 4 is 11.5 Å². The molecule has 30 heavy (non-hydrogen) atoms. The fraction of sp³-hybridized carbons (Fsp3) is 0. The van der Waals surface area contributed by atoms with Gasteiger partial charge in [-0.1, -0.05) is 72.8 Å². The second-order valence-electron chi connectivity index (χ2n) is 6.66.